The van der Waals surface area contributed by atoms with Crippen LogP contribution in [0.2, 0.25) is 0 Å². The van der Waals surface area contributed by atoms with E-state index in [1.54, 1.807) is 6.26 Å². The van der Waals surface area contributed by atoms with Gasteiger partial charge in [-0.2, -0.15) is 0 Å². The van der Waals surface area contributed by atoms with E-state index < -0.39 is 75.3 Å². The van der Waals surface area contributed by atoms with Crippen LogP contribution < -0.4 is 10.6 Å². The molecule has 0 unspecified atom stereocenters. The Morgan fingerprint density at radius 2 is 1.80 bits per heavy atom. The van der Waals surface area contributed by atoms with Crippen molar-refractivity contribution in [2.45, 2.75) is 146 Å². The second-order valence-corrected chi connectivity index (χ2v) is 19.1. The summed E-state index contributed by atoms with van der Waals surface area (Å²) >= 11 is 0. The normalized spacial score (nSPS) is 45.1. The van der Waals surface area contributed by atoms with Crippen LogP contribution in [-0.2, 0) is 39.8 Å². The molecule has 9 rings (SSSR count). The van der Waals surface area contributed by atoms with Crippen molar-refractivity contribution in [2.24, 2.45) is 39.4 Å². The zero-order valence-electron chi connectivity index (χ0n) is 32.1. The molecule has 5 aliphatic heterocycles. The Bertz CT molecular complexity index is 1680. The summed E-state index contributed by atoms with van der Waals surface area (Å²) in [6.45, 7) is 9.16. The number of unbranched alkanes of at least 4 members (excludes halogenated alkanes) is 1. The maximum absolute atomic E-state index is 14.9. The molecule has 13 heteroatoms. The largest absolute Gasteiger partial charge is 0.469 e. The SMILES string of the molecule is CC1(C)O[C@H]2C3(CCCC3)C(=O)OC[C@@]23[C@@H]1C(=O)[C@@H](O)[C@]1(C)[C@@H]3CC[C@@]2(C)[C@H](c3ccoc3C[C@H](CCCC[C@@H]3CNCN3)[C@H](O)CO)OC(=O)[C@H]3O[C@@]312. The summed E-state index contributed by atoms with van der Waals surface area (Å²) in [6, 6.07) is 2.25. The average molecular weight is 755 g/mol. The molecular weight excluding hydrogens is 696 g/mol. The lowest BCUT2D eigenvalue weighted by Crippen LogP contribution is -2.77. The summed E-state index contributed by atoms with van der Waals surface area (Å²) in [6.07, 6.45) is 4.77. The van der Waals surface area contributed by atoms with Gasteiger partial charge in [0.15, 0.2) is 11.9 Å². The van der Waals surface area contributed by atoms with Crippen molar-refractivity contribution in [1.82, 2.24) is 10.6 Å². The molecule has 13 atom stereocenters. The first-order valence-electron chi connectivity index (χ1n) is 20.5. The third-order valence-electron chi connectivity index (χ3n) is 16.3. The molecule has 13 nitrogen and oxygen atoms in total. The Morgan fingerprint density at radius 3 is 2.52 bits per heavy atom. The molecule has 0 aromatic carbocycles. The van der Waals surface area contributed by atoms with Gasteiger partial charge in [-0.15, -0.1) is 0 Å². The molecule has 3 spiro atoms. The number of Topliss-reactive ketones (excluding diaryl/α,β-unsaturated/α-hetero) is 1. The van der Waals surface area contributed by atoms with Crippen LogP contribution in [0.3, 0.4) is 0 Å². The Hall–Kier alpha value is -2.39. The summed E-state index contributed by atoms with van der Waals surface area (Å²) < 4.78 is 32.2. The number of aliphatic hydroxyl groups is 3. The molecule has 0 bridgehead atoms. The zero-order chi connectivity index (χ0) is 38.1. The van der Waals surface area contributed by atoms with Crippen molar-refractivity contribution < 1.29 is 53.1 Å². The van der Waals surface area contributed by atoms with Crippen LogP contribution in [0.5, 0.6) is 0 Å². The highest BCUT2D eigenvalue weighted by atomic mass is 16.7. The average Bonchev–Trinajstić information content (AvgIpc) is 3.60. The summed E-state index contributed by atoms with van der Waals surface area (Å²) in [5.41, 5.74) is -5.44. The van der Waals surface area contributed by atoms with Gasteiger partial charge in [0.1, 0.15) is 30.2 Å². The predicted molar refractivity (Wildman–Crippen MR) is 190 cm³/mol. The van der Waals surface area contributed by atoms with E-state index in [0.29, 0.717) is 55.9 Å². The van der Waals surface area contributed by atoms with E-state index in [4.69, 9.17) is 23.4 Å². The van der Waals surface area contributed by atoms with Crippen LogP contribution in [0.25, 0.3) is 0 Å². The van der Waals surface area contributed by atoms with E-state index in [2.05, 4.69) is 10.6 Å². The van der Waals surface area contributed by atoms with Gasteiger partial charge in [-0.1, -0.05) is 39.5 Å². The number of aliphatic hydroxyl groups excluding tert-OH is 3. The number of carbonyl (C=O) groups excluding carboxylic acids is 3. The number of esters is 2. The second-order valence-electron chi connectivity index (χ2n) is 19.1. The van der Waals surface area contributed by atoms with Gasteiger partial charge in [0, 0.05) is 47.5 Å². The Kier molecular flexibility index (Phi) is 8.65. The minimum Gasteiger partial charge on any atom is -0.469 e. The van der Waals surface area contributed by atoms with Gasteiger partial charge in [-0.05, 0) is 70.3 Å². The van der Waals surface area contributed by atoms with Crippen LogP contribution in [0.15, 0.2) is 16.7 Å². The Labute approximate surface area is 316 Å². The molecule has 3 aliphatic carbocycles. The molecule has 5 N–H and O–H groups in total. The maximum Gasteiger partial charge on any atom is 0.339 e. The Balaban J connectivity index is 1.06. The fourth-order valence-electron chi connectivity index (χ4n) is 13.9. The third-order valence-corrected chi connectivity index (χ3v) is 16.3. The Morgan fingerprint density at radius 1 is 1.02 bits per heavy atom. The minimum atomic E-state index is -1.46. The van der Waals surface area contributed by atoms with E-state index in [1.165, 1.54) is 0 Å². The lowest BCUT2D eigenvalue weighted by molar-refractivity contribution is -0.264. The quantitative estimate of drug-likeness (QED) is 0.133. The van der Waals surface area contributed by atoms with Crippen LogP contribution >= 0.6 is 0 Å². The molecular formula is C41H58N2O11. The van der Waals surface area contributed by atoms with Gasteiger partial charge < -0.3 is 49.3 Å². The first-order chi connectivity index (χ1) is 25.7. The van der Waals surface area contributed by atoms with E-state index in [-0.39, 0.29) is 36.8 Å². The smallest absolute Gasteiger partial charge is 0.339 e. The van der Waals surface area contributed by atoms with Gasteiger partial charge >= 0.3 is 11.9 Å². The van der Waals surface area contributed by atoms with Gasteiger partial charge in [0.05, 0.1) is 42.0 Å². The first-order valence-corrected chi connectivity index (χ1v) is 20.5. The maximum atomic E-state index is 14.9. The molecule has 6 heterocycles. The minimum absolute atomic E-state index is 0.0188. The fourth-order valence-corrected chi connectivity index (χ4v) is 13.9. The summed E-state index contributed by atoms with van der Waals surface area (Å²) in [5.74, 6) is -1.94. The highest BCUT2D eigenvalue weighted by Crippen LogP contribution is 2.81. The fraction of sp³-hybridized carbons (Fsp3) is 0.829. The van der Waals surface area contributed by atoms with Crippen LogP contribution in [0.4, 0.5) is 0 Å². The van der Waals surface area contributed by atoms with Gasteiger partial charge in [0.2, 0.25) is 0 Å². The molecule has 0 radical (unpaired) electrons. The first kappa shape index (κ1) is 37.2. The number of hydrogen-bond donors (Lipinski definition) is 5. The number of hydrogen-bond acceptors (Lipinski definition) is 13. The number of ether oxygens (including phenoxy) is 4. The summed E-state index contributed by atoms with van der Waals surface area (Å²) in [7, 11) is 0. The molecule has 8 aliphatic rings. The van der Waals surface area contributed by atoms with E-state index >= 15 is 0 Å². The topological polar surface area (TPSA) is 189 Å². The lowest BCUT2D eigenvalue weighted by atomic mass is 9.35. The molecule has 1 aromatic rings. The van der Waals surface area contributed by atoms with Crippen molar-refractivity contribution in [3.63, 3.8) is 0 Å². The molecule has 3 saturated carbocycles. The van der Waals surface area contributed by atoms with Gasteiger partial charge in [-0.3, -0.25) is 9.59 Å². The molecule has 5 saturated heterocycles. The summed E-state index contributed by atoms with van der Waals surface area (Å²) in [5, 5.41) is 40.2. The zero-order valence-corrected chi connectivity index (χ0v) is 32.1. The van der Waals surface area contributed by atoms with Gasteiger partial charge in [0.25, 0.3) is 0 Å². The summed E-state index contributed by atoms with van der Waals surface area (Å²) in [4.78, 5) is 42.7. The van der Waals surface area contributed by atoms with Crippen LogP contribution in [-0.4, -0.2) is 101 Å². The van der Waals surface area contributed by atoms with Crippen LogP contribution in [0.1, 0.15) is 109 Å². The number of furan rings is 1. The number of epoxide rings is 1. The van der Waals surface area contributed by atoms with E-state index in [0.717, 1.165) is 45.3 Å². The molecule has 54 heavy (non-hydrogen) atoms. The van der Waals surface area contributed by atoms with Crippen LogP contribution in [0, 0.1) is 39.4 Å². The van der Waals surface area contributed by atoms with E-state index in [1.807, 2.05) is 33.8 Å². The number of cyclic esters (lactones) is 2. The number of rotatable bonds is 10. The monoisotopic (exact) mass is 754 g/mol. The number of carbonyl (C=O) groups is 3. The van der Waals surface area contributed by atoms with Gasteiger partial charge in [-0.25, -0.2) is 4.79 Å². The standard InChI is InChI=1S/C41H58N2O11/c1-36(2)29-28(46)30(47)38(4)27(40(29)20-51-35(49)39(34(40)54-36)13-7-8-14-39)11-15-37(3)31(52-33(48)32-41(37,38)53-32)24-12-16-50-26(24)17-22(25(45)19-44)9-5-6-10-23-18-42-21-43-23/h12,16,22-23,25,27,29-32,34,42-45,47H,5-11,13-15,17-21H2,1-4H3/t22-,23+,25+,27-,29+,30+,31-,32+,34-,37-,38-,40+,41+/m0/s1. The molecule has 1 aromatic heterocycles. The second kappa shape index (κ2) is 12.6. The molecule has 298 valence electrons. The number of fused-ring (bicyclic) bond motifs is 2. The number of ketones is 1. The highest BCUT2D eigenvalue weighted by molar-refractivity contribution is 5.92. The number of nitrogens with one attached hydrogen (secondary N) is 2. The van der Waals surface area contributed by atoms with Crippen molar-refractivity contribution in [1.29, 1.82) is 0 Å². The molecule has 0 amide bonds. The van der Waals surface area contributed by atoms with E-state index in [9.17, 15) is 29.7 Å². The predicted octanol–water partition coefficient (Wildman–Crippen LogP) is 2.87. The third kappa shape index (κ3) is 4.66. The van der Waals surface area contributed by atoms with Crippen molar-refractivity contribution in [3.8, 4) is 0 Å². The lowest BCUT2D eigenvalue weighted by Gasteiger charge is -2.67. The van der Waals surface area contributed by atoms with Crippen molar-refractivity contribution >= 4 is 17.7 Å². The van der Waals surface area contributed by atoms with Crippen molar-refractivity contribution in [3.05, 3.63) is 23.7 Å². The highest BCUT2D eigenvalue weighted by Gasteiger charge is 2.91. The van der Waals surface area contributed by atoms with Crippen molar-refractivity contribution in [2.75, 3.05) is 26.4 Å². The molecule has 8 fully saturated rings.